The standard InChI is InChI=1S/C15H17N3OS2/c19-15(14-9-21-10-16-14)18-6-12-4-17(5-13(12)7-18)3-11-1-2-20-8-11/h1-2,8-10,12-13H,3-7H2/t12-,13-/m0/s1. The van der Waals surface area contributed by atoms with E-state index in [1.54, 1.807) is 16.8 Å². The summed E-state index contributed by atoms with van der Waals surface area (Å²) in [4.78, 5) is 21.0. The minimum absolute atomic E-state index is 0.107. The number of carbonyl (C=O) groups is 1. The summed E-state index contributed by atoms with van der Waals surface area (Å²) in [5.74, 6) is 1.37. The number of hydrogen-bond donors (Lipinski definition) is 0. The topological polar surface area (TPSA) is 36.4 Å². The van der Waals surface area contributed by atoms with E-state index in [0.29, 0.717) is 17.5 Å². The summed E-state index contributed by atoms with van der Waals surface area (Å²) in [6.07, 6.45) is 0. The van der Waals surface area contributed by atoms with E-state index < -0.39 is 0 Å². The second-order valence-corrected chi connectivity index (χ2v) is 7.43. The number of rotatable bonds is 3. The summed E-state index contributed by atoms with van der Waals surface area (Å²) >= 11 is 3.25. The van der Waals surface area contributed by atoms with Crippen LogP contribution in [-0.4, -0.2) is 46.9 Å². The number of thiophene rings is 1. The second-order valence-electron chi connectivity index (χ2n) is 5.93. The number of fused-ring (bicyclic) bond motifs is 1. The smallest absolute Gasteiger partial charge is 0.273 e. The summed E-state index contributed by atoms with van der Waals surface area (Å²) in [5.41, 5.74) is 3.75. The number of aromatic nitrogens is 1. The van der Waals surface area contributed by atoms with Crippen molar-refractivity contribution in [3.8, 4) is 0 Å². The molecule has 110 valence electrons. The Hall–Kier alpha value is -1.24. The van der Waals surface area contributed by atoms with Gasteiger partial charge in [0, 0.05) is 38.1 Å². The van der Waals surface area contributed by atoms with Gasteiger partial charge < -0.3 is 4.90 Å². The lowest BCUT2D eigenvalue weighted by molar-refractivity contribution is 0.0768. The Morgan fingerprint density at radius 2 is 2.00 bits per heavy atom. The maximum absolute atomic E-state index is 12.3. The zero-order valence-electron chi connectivity index (χ0n) is 11.6. The lowest BCUT2D eigenvalue weighted by Crippen LogP contribution is -2.33. The van der Waals surface area contributed by atoms with Crippen LogP contribution in [0, 0.1) is 11.8 Å². The fraction of sp³-hybridized carbons (Fsp3) is 0.467. The van der Waals surface area contributed by atoms with Gasteiger partial charge in [-0.2, -0.15) is 11.3 Å². The molecule has 2 atom stereocenters. The Kier molecular flexibility index (Phi) is 3.52. The third-order valence-corrected chi connectivity index (χ3v) is 5.81. The maximum Gasteiger partial charge on any atom is 0.273 e. The van der Waals surface area contributed by atoms with E-state index in [-0.39, 0.29) is 5.91 Å². The highest BCUT2D eigenvalue weighted by atomic mass is 32.1. The fourth-order valence-corrected chi connectivity index (χ4v) is 4.69. The van der Waals surface area contributed by atoms with Crippen LogP contribution < -0.4 is 0 Å². The highest BCUT2D eigenvalue weighted by Gasteiger charge is 2.41. The monoisotopic (exact) mass is 319 g/mol. The molecule has 0 spiro atoms. The Bertz CT molecular complexity index is 597. The van der Waals surface area contributed by atoms with Crippen LogP contribution in [-0.2, 0) is 6.54 Å². The molecule has 6 heteroatoms. The lowest BCUT2D eigenvalue weighted by Gasteiger charge is -2.20. The molecule has 0 aliphatic carbocycles. The second kappa shape index (κ2) is 5.51. The molecule has 0 unspecified atom stereocenters. The maximum atomic E-state index is 12.3. The van der Waals surface area contributed by atoms with Gasteiger partial charge in [0.2, 0.25) is 0 Å². The van der Waals surface area contributed by atoms with Crippen LogP contribution in [0.3, 0.4) is 0 Å². The predicted octanol–water partition coefficient (Wildman–Crippen LogP) is 2.41. The van der Waals surface area contributed by atoms with Gasteiger partial charge in [0.25, 0.3) is 5.91 Å². The van der Waals surface area contributed by atoms with E-state index in [0.717, 1.165) is 32.7 Å². The van der Waals surface area contributed by atoms with Gasteiger partial charge in [-0.1, -0.05) is 0 Å². The molecule has 2 aromatic heterocycles. The third-order valence-electron chi connectivity index (χ3n) is 4.49. The zero-order chi connectivity index (χ0) is 14.2. The molecule has 4 heterocycles. The van der Waals surface area contributed by atoms with Crippen LogP contribution in [0.15, 0.2) is 27.7 Å². The quantitative estimate of drug-likeness (QED) is 0.872. The van der Waals surface area contributed by atoms with Crippen LogP contribution in [0.4, 0.5) is 0 Å². The van der Waals surface area contributed by atoms with Gasteiger partial charge in [0.1, 0.15) is 5.69 Å². The lowest BCUT2D eigenvalue weighted by atomic mass is 10.0. The van der Waals surface area contributed by atoms with Crippen molar-refractivity contribution in [3.63, 3.8) is 0 Å². The molecule has 2 aliphatic heterocycles. The summed E-state index contributed by atoms with van der Waals surface area (Å²) in [7, 11) is 0. The molecule has 0 aromatic carbocycles. The summed E-state index contributed by atoms with van der Waals surface area (Å²) in [6.45, 7) is 5.06. The van der Waals surface area contributed by atoms with Gasteiger partial charge in [0.05, 0.1) is 5.51 Å². The minimum atomic E-state index is 0.107. The molecule has 2 aliphatic rings. The normalized spacial score (nSPS) is 25.4. The first kappa shape index (κ1) is 13.4. The van der Waals surface area contributed by atoms with Crippen molar-refractivity contribution < 1.29 is 4.79 Å². The van der Waals surface area contributed by atoms with Crippen molar-refractivity contribution in [3.05, 3.63) is 39.0 Å². The summed E-state index contributed by atoms with van der Waals surface area (Å²) in [5, 5.41) is 6.21. The van der Waals surface area contributed by atoms with Crippen molar-refractivity contribution in [2.24, 2.45) is 11.8 Å². The molecule has 2 saturated heterocycles. The molecular weight excluding hydrogens is 302 g/mol. The van der Waals surface area contributed by atoms with E-state index >= 15 is 0 Å². The van der Waals surface area contributed by atoms with Crippen molar-refractivity contribution in [2.45, 2.75) is 6.54 Å². The molecule has 21 heavy (non-hydrogen) atoms. The van der Waals surface area contributed by atoms with Crippen molar-refractivity contribution in [1.82, 2.24) is 14.8 Å². The SMILES string of the molecule is O=C(c1cscn1)N1C[C@@H]2CN(Cc3ccsc3)C[C@H]2C1. The largest absolute Gasteiger partial charge is 0.337 e. The highest BCUT2D eigenvalue weighted by molar-refractivity contribution is 7.08. The first-order valence-corrected chi connectivity index (χ1v) is 9.09. The van der Waals surface area contributed by atoms with Gasteiger partial charge in [-0.3, -0.25) is 9.69 Å². The number of thiazole rings is 1. The third kappa shape index (κ3) is 2.63. The van der Waals surface area contributed by atoms with Crippen molar-refractivity contribution in [1.29, 1.82) is 0 Å². The zero-order valence-corrected chi connectivity index (χ0v) is 13.3. The van der Waals surface area contributed by atoms with Crippen molar-refractivity contribution >= 4 is 28.6 Å². The highest BCUT2D eigenvalue weighted by Crippen LogP contribution is 2.32. The van der Waals surface area contributed by atoms with E-state index in [2.05, 4.69) is 26.7 Å². The van der Waals surface area contributed by atoms with Gasteiger partial charge >= 0.3 is 0 Å². The molecule has 4 rings (SSSR count). The summed E-state index contributed by atoms with van der Waals surface area (Å²) in [6, 6.07) is 2.21. The van der Waals surface area contributed by atoms with E-state index in [9.17, 15) is 4.79 Å². The molecular formula is C15H17N3OS2. The van der Waals surface area contributed by atoms with Gasteiger partial charge in [0.15, 0.2) is 0 Å². The van der Waals surface area contributed by atoms with Crippen molar-refractivity contribution in [2.75, 3.05) is 26.2 Å². The molecule has 0 saturated carbocycles. The molecule has 2 aromatic rings. The van der Waals surface area contributed by atoms with Crippen LogP contribution in [0.1, 0.15) is 16.1 Å². The predicted molar refractivity (Wildman–Crippen MR) is 84.6 cm³/mol. The number of nitrogens with zero attached hydrogens (tertiary/aromatic N) is 3. The summed E-state index contributed by atoms with van der Waals surface area (Å²) < 4.78 is 0. The molecule has 0 radical (unpaired) electrons. The van der Waals surface area contributed by atoms with Crippen LogP contribution >= 0.6 is 22.7 Å². The first-order chi connectivity index (χ1) is 10.3. The molecule has 1 amide bonds. The molecule has 0 N–H and O–H groups in total. The van der Waals surface area contributed by atoms with Crippen LogP contribution in [0.5, 0.6) is 0 Å². The Labute approximate surface area is 132 Å². The Morgan fingerprint density at radius 1 is 1.19 bits per heavy atom. The average molecular weight is 319 g/mol. The van der Waals surface area contributed by atoms with E-state index in [4.69, 9.17) is 0 Å². The molecule has 0 bridgehead atoms. The molecule has 4 nitrogen and oxygen atoms in total. The van der Waals surface area contributed by atoms with Gasteiger partial charge in [-0.25, -0.2) is 4.98 Å². The Morgan fingerprint density at radius 3 is 2.62 bits per heavy atom. The minimum Gasteiger partial charge on any atom is -0.337 e. The van der Waals surface area contributed by atoms with Crippen LogP contribution in [0.2, 0.25) is 0 Å². The average Bonchev–Trinajstić information content (AvgIpc) is 3.23. The molecule has 2 fully saturated rings. The van der Waals surface area contributed by atoms with Gasteiger partial charge in [-0.05, 0) is 34.2 Å². The van der Waals surface area contributed by atoms with Gasteiger partial charge in [-0.15, -0.1) is 11.3 Å². The first-order valence-electron chi connectivity index (χ1n) is 7.20. The number of carbonyl (C=O) groups excluding carboxylic acids is 1. The fourth-order valence-electron chi connectivity index (χ4n) is 3.51. The van der Waals surface area contributed by atoms with Crippen LogP contribution in [0.25, 0.3) is 0 Å². The van der Waals surface area contributed by atoms with E-state index in [1.807, 2.05) is 10.3 Å². The van der Waals surface area contributed by atoms with E-state index in [1.165, 1.54) is 16.9 Å². The number of likely N-dealkylation sites (tertiary alicyclic amines) is 2. The number of amides is 1. The Balaban J connectivity index is 1.36. The number of hydrogen-bond acceptors (Lipinski definition) is 5.